The van der Waals surface area contributed by atoms with Gasteiger partial charge in [0, 0.05) is 39.0 Å². The molecule has 5 rings (SSSR count). The number of carbonyl (C=O) groups is 5. The highest BCUT2D eigenvalue weighted by Crippen LogP contribution is 2.36. The van der Waals surface area contributed by atoms with Gasteiger partial charge in [-0.3, -0.25) is 14.4 Å². The molecular formula is C90H165N3O34. The van der Waals surface area contributed by atoms with Gasteiger partial charge in [0.15, 0.2) is 43.7 Å². The number of hydrogen-bond donors (Lipinski definition) is 19. The van der Waals surface area contributed by atoms with Crippen LogP contribution in [0.4, 0.5) is 0 Å². The first-order chi connectivity index (χ1) is 61.3. The van der Waals surface area contributed by atoms with Crippen molar-refractivity contribution < 1.29 is 167 Å². The van der Waals surface area contributed by atoms with Crippen LogP contribution < -0.4 is 16.0 Å². The Morgan fingerprint density at radius 3 is 1.17 bits per heavy atom. The van der Waals surface area contributed by atoms with E-state index in [0.29, 0.717) is 51.5 Å². The number of aliphatic hydroxyl groups excluding tert-OH is 16. The smallest absolute Gasteiger partial charge is 0.337 e. The molecule has 0 saturated carbocycles. The monoisotopic (exact) mass is 1830 g/mol. The van der Waals surface area contributed by atoms with Crippen LogP contribution in [0.25, 0.3) is 0 Å². The van der Waals surface area contributed by atoms with Crippen molar-refractivity contribution in [2.75, 3.05) is 67.0 Å². The molecule has 0 radical (unpaired) electrons. The summed E-state index contributed by atoms with van der Waals surface area (Å²) in [5, 5.41) is 184. The summed E-state index contributed by atoms with van der Waals surface area (Å²) in [4.78, 5) is 64.1. The van der Waals surface area contributed by atoms with Gasteiger partial charge in [-0.05, 0) is 38.5 Å². The standard InChI is InChI=1S/C90H165N3O34/c1-5-7-9-11-13-15-17-19-20-21-22-23-24-25-26-27-28-29-31-33-35-37-41-49-65(99)93-58(66(100)59(96)46-40-36-34-32-30-18-16-14-12-10-8-6-2)56-119-87-73(107)68(102)67(101)62(122-87)57-117-52-45-39-38-44-50-91-63(97)47-42-43-48-64(98)92-51-53-118-86-75(109)71(105)79(60(54-94)120-86)124-90-78(112)81(77(111)83(127-90)85(114)116-4)125-88-76(110)72(106)80(61(55-95)121-88)123-89-74(108)69(103)70(104)82(126-89)84(113)115-3/h58-62,66-83,86-90,94-96,100-112H,5-57H2,1-4H3,(H,91,97)(H,92,98)(H,93,99)/t58-,59+,60+,61+,62+,66-,67-,68-,69-,70-,71+,72+,73+,74+,75+,76+,77+,78+,79+,80+,81+,82-,83+,86+,87-,88-,89+,90+/m0/s1. The van der Waals surface area contributed by atoms with E-state index in [1.165, 1.54) is 173 Å². The summed E-state index contributed by atoms with van der Waals surface area (Å²) in [6.07, 6.45) is -2.49. The zero-order chi connectivity index (χ0) is 92.8. The molecule has 0 unspecified atom stereocenters. The number of esters is 2. The predicted octanol–water partition coefficient (Wildman–Crippen LogP) is 3.51. The van der Waals surface area contributed by atoms with Crippen molar-refractivity contribution in [3.8, 4) is 0 Å². The summed E-state index contributed by atoms with van der Waals surface area (Å²) in [5.74, 6) is -3.34. The Balaban J connectivity index is 0.943. The van der Waals surface area contributed by atoms with Crippen LogP contribution in [0.3, 0.4) is 0 Å². The minimum atomic E-state index is -2.23. The highest BCUT2D eigenvalue weighted by Gasteiger charge is 2.58. The highest BCUT2D eigenvalue weighted by atomic mass is 16.8. The quantitative estimate of drug-likeness (QED) is 0.0306. The fourth-order valence-electron chi connectivity index (χ4n) is 16.7. The number of hydrogen-bond acceptors (Lipinski definition) is 34. The number of aliphatic hydroxyl groups is 16. The molecular weight excluding hydrogens is 1670 g/mol. The zero-order valence-corrected chi connectivity index (χ0v) is 76.1. The number of ether oxygens (including phenoxy) is 13. The molecule has 0 aliphatic carbocycles. The van der Waals surface area contributed by atoms with Crippen LogP contribution in [0.5, 0.6) is 0 Å². The van der Waals surface area contributed by atoms with E-state index in [1.54, 1.807) is 0 Å². The maximum absolute atomic E-state index is 13.5. The van der Waals surface area contributed by atoms with E-state index < -0.39 is 197 Å². The number of methoxy groups -OCH3 is 2. The second-order valence-electron chi connectivity index (χ2n) is 35.1. The van der Waals surface area contributed by atoms with Crippen molar-refractivity contribution >= 4 is 29.7 Å². The number of carbonyl (C=O) groups excluding carboxylic acids is 5. The maximum Gasteiger partial charge on any atom is 0.337 e. The minimum Gasteiger partial charge on any atom is -0.467 e. The minimum absolute atomic E-state index is 0.0503. The van der Waals surface area contributed by atoms with Gasteiger partial charge in [-0.15, -0.1) is 0 Å². The lowest BCUT2D eigenvalue weighted by molar-refractivity contribution is -0.385. The molecule has 28 atom stereocenters. The van der Waals surface area contributed by atoms with Crippen molar-refractivity contribution in [1.29, 1.82) is 0 Å². The Morgan fingerprint density at radius 1 is 0.331 bits per heavy atom. The first-order valence-electron chi connectivity index (χ1n) is 48.1. The molecule has 127 heavy (non-hydrogen) atoms. The maximum atomic E-state index is 13.5. The third kappa shape index (κ3) is 41.6. The van der Waals surface area contributed by atoms with E-state index >= 15 is 0 Å². The molecule has 37 heteroatoms. The number of unbranched alkanes of at least 4 members (excludes halogenated alkanes) is 37. The van der Waals surface area contributed by atoms with Gasteiger partial charge in [0.25, 0.3) is 0 Å². The lowest BCUT2D eigenvalue weighted by Gasteiger charge is -2.48. The lowest BCUT2D eigenvalue weighted by atomic mass is 9.95. The molecule has 37 nitrogen and oxygen atoms in total. The molecule has 5 fully saturated rings. The van der Waals surface area contributed by atoms with Crippen LogP contribution in [-0.4, -0.2) is 350 Å². The van der Waals surface area contributed by atoms with Crippen LogP contribution in [-0.2, 0) is 85.6 Å². The SMILES string of the molecule is CCCCCCCCCCCCCCCCCCCCCCCCCC(=O)N[C@@H](CO[C@H]1O[C@H](COCCCCCCNC(=O)CCCCC(=O)NCCO[C@@H]2O[C@H](CO)[C@@H](O[C@@H]3O[C@@H](C(=O)OC)[C@H](O)[C@@H](O[C@@H]4O[C@H](CO)[C@@H](O[C@@H]5O[C@H](C(=O)OC)[C@@H](O)[C@H](O)[C@H]5O)[C@H](O)[C@H]4O)[C@H]3O)[C@H](O)[C@H]2O)[C@H](O)[C@H](O)[C@H]1O)[C@H](O)[C@H](O)CCCCCCCCCCCCCC. The van der Waals surface area contributed by atoms with E-state index in [1.807, 2.05) is 0 Å². The van der Waals surface area contributed by atoms with Gasteiger partial charge in [-0.2, -0.15) is 0 Å². The Bertz CT molecular complexity index is 2850. The molecule has 5 heterocycles. The van der Waals surface area contributed by atoms with E-state index in [0.717, 1.165) is 65.6 Å². The molecule has 0 aromatic carbocycles. The van der Waals surface area contributed by atoms with E-state index in [9.17, 15) is 106 Å². The summed E-state index contributed by atoms with van der Waals surface area (Å²) < 4.78 is 72.0. The van der Waals surface area contributed by atoms with Gasteiger partial charge >= 0.3 is 11.9 Å². The van der Waals surface area contributed by atoms with Gasteiger partial charge in [0.1, 0.15) is 116 Å². The summed E-state index contributed by atoms with van der Waals surface area (Å²) in [6.45, 7) is 2.31. The average Bonchev–Trinajstić information content (AvgIpc) is 0.766. The topological polar surface area (TPSA) is 565 Å². The van der Waals surface area contributed by atoms with Crippen LogP contribution >= 0.6 is 0 Å². The summed E-state index contributed by atoms with van der Waals surface area (Å²) in [6, 6.07) is -1.07. The number of nitrogens with one attached hydrogen (secondary N) is 3. The van der Waals surface area contributed by atoms with Gasteiger partial charge in [-0.25, -0.2) is 9.59 Å². The molecule has 5 saturated heterocycles. The fraction of sp³-hybridized carbons (Fsp3) is 0.944. The molecule has 3 amide bonds. The first kappa shape index (κ1) is 114. The van der Waals surface area contributed by atoms with E-state index in [-0.39, 0.29) is 70.0 Å². The van der Waals surface area contributed by atoms with Crippen LogP contribution in [0.2, 0.25) is 0 Å². The van der Waals surface area contributed by atoms with Crippen molar-refractivity contribution in [1.82, 2.24) is 16.0 Å². The second-order valence-corrected chi connectivity index (χ2v) is 35.1. The Morgan fingerprint density at radius 2 is 0.685 bits per heavy atom. The van der Waals surface area contributed by atoms with Gasteiger partial charge < -0.3 is 159 Å². The molecule has 5 aliphatic rings. The Labute approximate surface area is 751 Å². The van der Waals surface area contributed by atoms with E-state index in [2.05, 4.69) is 34.5 Å². The van der Waals surface area contributed by atoms with Crippen LogP contribution in [0, 0.1) is 0 Å². The van der Waals surface area contributed by atoms with Crippen LogP contribution in [0.1, 0.15) is 303 Å². The molecule has 0 aromatic rings. The average molecular weight is 1830 g/mol. The van der Waals surface area contributed by atoms with Gasteiger partial charge in [0.2, 0.25) is 17.7 Å². The summed E-state index contributed by atoms with van der Waals surface area (Å²) >= 11 is 0. The first-order valence-corrected chi connectivity index (χ1v) is 48.1. The molecule has 0 spiro atoms. The summed E-state index contributed by atoms with van der Waals surface area (Å²) in [5.41, 5.74) is 0. The summed E-state index contributed by atoms with van der Waals surface area (Å²) in [7, 11) is 1.86. The predicted molar refractivity (Wildman–Crippen MR) is 460 cm³/mol. The lowest BCUT2D eigenvalue weighted by Crippen LogP contribution is -2.68. The van der Waals surface area contributed by atoms with E-state index in [4.69, 9.17) is 56.8 Å². The third-order valence-electron chi connectivity index (χ3n) is 24.7. The molecule has 5 aliphatic heterocycles. The number of amides is 3. The van der Waals surface area contributed by atoms with Crippen LogP contribution in [0.15, 0.2) is 0 Å². The van der Waals surface area contributed by atoms with Crippen molar-refractivity contribution in [3.05, 3.63) is 0 Å². The van der Waals surface area contributed by atoms with Crippen molar-refractivity contribution in [3.63, 3.8) is 0 Å². The van der Waals surface area contributed by atoms with Crippen molar-refractivity contribution in [2.45, 2.75) is 475 Å². The Kier molecular flexibility index (Phi) is 59.7. The Hall–Kier alpha value is -3.73. The zero-order valence-electron chi connectivity index (χ0n) is 76.1. The molecule has 19 N–H and O–H groups in total. The fourth-order valence-corrected chi connectivity index (χ4v) is 16.7. The van der Waals surface area contributed by atoms with Gasteiger partial charge in [0.05, 0.1) is 59.4 Å². The largest absolute Gasteiger partial charge is 0.467 e. The number of rotatable bonds is 71. The highest BCUT2D eigenvalue weighted by molar-refractivity contribution is 5.78. The third-order valence-corrected chi connectivity index (χ3v) is 24.7. The molecule has 744 valence electrons. The molecule has 0 aromatic heterocycles. The molecule has 0 bridgehead atoms. The normalized spacial score (nSPS) is 30.6. The van der Waals surface area contributed by atoms with Crippen molar-refractivity contribution in [2.24, 2.45) is 0 Å². The van der Waals surface area contributed by atoms with Gasteiger partial charge in [-0.1, -0.05) is 245 Å². The second kappa shape index (κ2) is 66.6.